The van der Waals surface area contributed by atoms with Crippen molar-refractivity contribution in [1.82, 2.24) is 39.9 Å². The van der Waals surface area contributed by atoms with Crippen molar-refractivity contribution in [3.05, 3.63) is 90.8 Å². The number of carbonyl (C=O) groups is 2. The van der Waals surface area contributed by atoms with Crippen LogP contribution in [0.4, 0.5) is 5.69 Å². The van der Waals surface area contributed by atoms with Crippen molar-refractivity contribution in [1.29, 1.82) is 0 Å². The summed E-state index contributed by atoms with van der Waals surface area (Å²) >= 11 is 0. The molecular formula is C38H39N9O3. The fourth-order valence-electron chi connectivity index (χ4n) is 7.10. The van der Waals surface area contributed by atoms with Crippen LogP contribution < -0.4 is 5.32 Å². The highest BCUT2D eigenvalue weighted by atomic mass is 16.5. The number of hydrogen-bond acceptors (Lipinski definition) is 9. The minimum absolute atomic E-state index is 0.0531. The van der Waals surface area contributed by atoms with Crippen LogP contribution in [0.15, 0.2) is 79.4 Å². The van der Waals surface area contributed by atoms with Crippen LogP contribution in [-0.4, -0.2) is 98.2 Å². The average molecular weight is 670 g/mol. The molecule has 2 aliphatic heterocycles. The number of ether oxygens (including phenoxy) is 1. The lowest BCUT2D eigenvalue weighted by atomic mass is 9.87. The summed E-state index contributed by atoms with van der Waals surface area (Å²) < 4.78 is 5.59. The molecule has 12 nitrogen and oxygen atoms in total. The summed E-state index contributed by atoms with van der Waals surface area (Å²) in [5.74, 6) is 1.13. The number of aromatic amines is 1. The summed E-state index contributed by atoms with van der Waals surface area (Å²) in [5.41, 5.74) is 6.65. The number of nitrogens with zero attached hydrogens (tertiary/aromatic N) is 7. The van der Waals surface area contributed by atoms with Crippen molar-refractivity contribution in [3.63, 3.8) is 0 Å². The summed E-state index contributed by atoms with van der Waals surface area (Å²) in [6.45, 7) is 2.74. The van der Waals surface area contributed by atoms with E-state index in [1.165, 1.54) is 12.8 Å². The van der Waals surface area contributed by atoms with Crippen molar-refractivity contribution in [2.45, 2.75) is 31.6 Å². The van der Waals surface area contributed by atoms with Crippen LogP contribution in [0.2, 0.25) is 0 Å². The van der Waals surface area contributed by atoms with Gasteiger partial charge in [0.15, 0.2) is 5.82 Å². The summed E-state index contributed by atoms with van der Waals surface area (Å²) in [7, 11) is 1.62. The smallest absolute Gasteiger partial charge is 0.237 e. The zero-order valence-corrected chi connectivity index (χ0v) is 28.0. The number of pyridine rings is 2. The Morgan fingerprint density at radius 2 is 1.88 bits per heavy atom. The first kappa shape index (κ1) is 31.9. The number of amides is 2. The number of fused-ring (bicyclic) bond motifs is 1. The number of benzene rings is 1. The Balaban J connectivity index is 0.899. The summed E-state index contributed by atoms with van der Waals surface area (Å²) in [6, 6.07) is 15.7. The van der Waals surface area contributed by atoms with Crippen LogP contribution in [0.25, 0.3) is 39.1 Å². The Kier molecular flexibility index (Phi) is 8.63. The average Bonchev–Trinajstić information content (AvgIpc) is 3.81. The summed E-state index contributed by atoms with van der Waals surface area (Å²) in [6.07, 6.45) is 12.8. The number of hydrogen-bond donors (Lipinski definition) is 2. The second-order valence-electron chi connectivity index (χ2n) is 13.5. The number of rotatable bonds is 10. The Hall–Kier alpha value is -5.33. The predicted molar refractivity (Wildman–Crippen MR) is 190 cm³/mol. The van der Waals surface area contributed by atoms with Gasteiger partial charge in [0.05, 0.1) is 29.8 Å². The first-order valence-electron chi connectivity index (χ1n) is 17.2. The molecule has 4 aromatic heterocycles. The first-order valence-corrected chi connectivity index (χ1v) is 17.2. The molecule has 5 aromatic rings. The predicted octanol–water partition coefficient (Wildman–Crippen LogP) is 4.95. The van der Waals surface area contributed by atoms with Crippen molar-refractivity contribution >= 4 is 34.0 Å². The normalized spacial score (nSPS) is 19.5. The number of likely N-dealkylation sites (tertiary alicyclic amines) is 1. The van der Waals surface area contributed by atoms with Gasteiger partial charge < -0.3 is 15.0 Å². The molecule has 3 aliphatic rings. The molecule has 2 N–H and O–H groups in total. The number of methoxy groups -OCH3 is 1. The fraction of sp³-hybridized carbons (Fsp3) is 0.342. The Morgan fingerprint density at radius 3 is 2.64 bits per heavy atom. The molecule has 1 saturated heterocycles. The van der Waals surface area contributed by atoms with Crippen LogP contribution in [0.1, 0.15) is 43.0 Å². The molecule has 254 valence electrons. The molecule has 2 fully saturated rings. The molecule has 0 unspecified atom stereocenters. The highest BCUT2D eigenvalue weighted by Gasteiger charge is 2.45. The molecule has 0 bridgehead atoms. The molecular weight excluding hydrogens is 630 g/mol. The van der Waals surface area contributed by atoms with E-state index in [0.29, 0.717) is 50.0 Å². The van der Waals surface area contributed by atoms with E-state index in [0.717, 1.165) is 51.1 Å². The number of H-pyrrole nitrogens is 1. The van der Waals surface area contributed by atoms with E-state index in [9.17, 15) is 9.59 Å². The van der Waals surface area contributed by atoms with E-state index in [-0.39, 0.29) is 25.0 Å². The molecule has 1 aliphatic carbocycles. The van der Waals surface area contributed by atoms with Gasteiger partial charge in [0.1, 0.15) is 5.69 Å². The van der Waals surface area contributed by atoms with E-state index in [1.807, 2.05) is 47.5 Å². The van der Waals surface area contributed by atoms with Crippen molar-refractivity contribution in [2.24, 2.45) is 5.41 Å². The quantitative estimate of drug-likeness (QED) is 0.211. The number of carbonyl (C=O) groups excluding carboxylic acids is 2. The second kappa shape index (κ2) is 13.5. The molecule has 1 aromatic carbocycles. The van der Waals surface area contributed by atoms with Crippen LogP contribution in [0, 0.1) is 5.41 Å². The van der Waals surface area contributed by atoms with Gasteiger partial charge in [-0.05, 0) is 86.3 Å². The maximum Gasteiger partial charge on any atom is 0.237 e. The van der Waals surface area contributed by atoms with Crippen molar-refractivity contribution in [2.75, 3.05) is 51.8 Å². The van der Waals surface area contributed by atoms with Crippen LogP contribution in [-0.2, 0) is 14.3 Å². The van der Waals surface area contributed by atoms with E-state index in [2.05, 4.69) is 52.5 Å². The first-order chi connectivity index (χ1) is 24.5. The Morgan fingerprint density at radius 1 is 1.00 bits per heavy atom. The maximum atomic E-state index is 13.9. The zero-order valence-electron chi connectivity index (χ0n) is 28.0. The fourth-order valence-corrected chi connectivity index (χ4v) is 7.10. The van der Waals surface area contributed by atoms with E-state index in [4.69, 9.17) is 4.74 Å². The highest BCUT2D eigenvalue weighted by molar-refractivity contribution is 6.00. The molecule has 1 atom stereocenters. The minimum atomic E-state index is -0.773. The molecule has 50 heavy (non-hydrogen) atoms. The third-order valence-corrected chi connectivity index (χ3v) is 10.0. The van der Waals surface area contributed by atoms with E-state index in [1.54, 1.807) is 31.8 Å². The maximum absolute atomic E-state index is 13.9. The number of aromatic nitrogens is 6. The molecule has 0 radical (unpaired) electrons. The zero-order chi connectivity index (χ0) is 34.1. The number of nitrogens with one attached hydrogen (secondary N) is 2. The largest absolute Gasteiger partial charge is 0.384 e. The van der Waals surface area contributed by atoms with Gasteiger partial charge in [-0.3, -0.25) is 29.6 Å². The van der Waals surface area contributed by atoms with E-state index >= 15 is 0 Å². The Labute approximate surface area is 290 Å². The van der Waals surface area contributed by atoms with Crippen molar-refractivity contribution in [3.8, 4) is 22.6 Å². The molecule has 0 spiro atoms. The highest BCUT2D eigenvalue weighted by Crippen LogP contribution is 2.40. The standard InChI is InChI=1S/C38H39N9O3/c1-50-24-38(37(49)43-29-6-8-32-30(20-29)35(45-44-32)27-9-15-39-33(19-27)25-3-4-25)12-18-46(23-38)22-34(48)47-16-10-26(11-17-47)31-7-5-28(21-42-31)36-40-13-2-14-41-36/h2,5-10,13-15,19-21,25H,3-4,11-12,16-18,22-24H2,1H3,(H,43,49)(H,44,45)/t38-/m1/s1. The van der Waals surface area contributed by atoms with Gasteiger partial charge >= 0.3 is 0 Å². The molecule has 8 rings (SSSR count). The van der Waals surface area contributed by atoms with Crippen LogP contribution >= 0.6 is 0 Å². The Bertz CT molecular complexity index is 2060. The monoisotopic (exact) mass is 669 g/mol. The van der Waals surface area contributed by atoms with Crippen molar-refractivity contribution < 1.29 is 14.3 Å². The third-order valence-electron chi connectivity index (χ3n) is 10.0. The molecule has 2 amide bonds. The lowest BCUT2D eigenvalue weighted by Crippen LogP contribution is -2.45. The van der Waals surface area contributed by atoms with Gasteiger partial charge in [0, 0.05) is 85.3 Å². The lowest BCUT2D eigenvalue weighted by molar-refractivity contribution is -0.133. The lowest BCUT2D eigenvalue weighted by Gasteiger charge is -2.30. The van der Waals surface area contributed by atoms with Crippen LogP contribution in [0.3, 0.4) is 0 Å². The minimum Gasteiger partial charge on any atom is -0.384 e. The topological polar surface area (TPSA) is 142 Å². The van der Waals surface area contributed by atoms with Gasteiger partial charge in [-0.15, -0.1) is 0 Å². The summed E-state index contributed by atoms with van der Waals surface area (Å²) in [4.78, 5) is 49.1. The third kappa shape index (κ3) is 6.51. The van der Waals surface area contributed by atoms with Gasteiger partial charge in [-0.2, -0.15) is 5.10 Å². The van der Waals surface area contributed by atoms with Gasteiger partial charge in [-0.1, -0.05) is 6.08 Å². The van der Waals surface area contributed by atoms with Gasteiger partial charge in [0.25, 0.3) is 0 Å². The molecule has 1 saturated carbocycles. The second-order valence-corrected chi connectivity index (χ2v) is 13.5. The van der Waals surface area contributed by atoms with Crippen LogP contribution in [0.5, 0.6) is 0 Å². The number of anilines is 1. The van der Waals surface area contributed by atoms with Gasteiger partial charge in [0.2, 0.25) is 11.8 Å². The molecule has 12 heteroatoms. The van der Waals surface area contributed by atoms with E-state index < -0.39 is 5.41 Å². The van der Waals surface area contributed by atoms with Gasteiger partial charge in [-0.25, -0.2) is 9.97 Å². The molecule has 6 heterocycles. The summed E-state index contributed by atoms with van der Waals surface area (Å²) in [5, 5.41) is 11.8. The SMILES string of the molecule is COC[C@@]1(C(=O)Nc2ccc3[nH]nc(-c4ccnc(C5CC5)c4)c3c2)CCN(CC(=O)N2CC=C(c3ccc(-c4ncccn4)cn3)CC2)C1.